The number of pyridine rings is 1. The number of amides is 1. The van der Waals surface area contributed by atoms with Gasteiger partial charge in [0.15, 0.2) is 0 Å². The molecule has 0 saturated heterocycles. The Labute approximate surface area is 146 Å². The lowest BCUT2D eigenvalue weighted by molar-refractivity contribution is 0.0988. The third-order valence-corrected chi connectivity index (χ3v) is 3.70. The Kier molecular flexibility index (Phi) is 4.99. The number of nitrogens with one attached hydrogen (secondary N) is 1. The molecule has 0 aliphatic carbocycles. The predicted molar refractivity (Wildman–Crippen MR) is 97.5 cm³/mol. The van der Waals surface area contributed by atoms with E-state index in [1.54, 1.807) is 37.3 Å². The molecule has 6 heteroatoms. The first kappa shape index (κ1) is 16.6. The summed E-state index contributed by atoms with van der Waals surface area (Å²) in [5.74, 6) is 0.975. The number of carbonyl (C=O) groups is 1. The SMILES string of the molecule is Cc1nc(NCc2cccnc2)cc(C(=O)N(C)c2ccccc2)n1. The van der Waals surface area contributed by atoms with Crippen LogP contribution in [0.2, 0.25) is 0 Å². The van der Waals surface area contributed by atoms with Gasteiger partial charge in [0.25, 0.3) is 5.91 Å². The number of anilines is 2. The van der Waals surface area contributed by atoms with E-state index < -0.39 is 0 Å². The van der Waals surface area contributed by atoms with Gasteiger partial charge in [0.2, 0.25) is 0 Å². The van der Waals surface area contributed by atoms with Gasteiger partial charge in [0, 0.05) is 37.7 Å². The standard InChI is InChI=1S/C19H19N5O/c1-14-22-17(19(25)24(2)16-8-4-3-5-9-16)11-18(23-14)21-13-15-7-6-10-20-12-15/h3-12H,13H2,1-2H3,(H,21,22,23). The van der Waals surface area contributed by atoms with Crippen LogP contribution in [0, 0.1) is 6.92 Å². The lowest BCUT2D eigenvalue weighted by Gasteiger charge is -2.17. The van der Waals surface area contributed by atoms with E-state index in [9.17, 15) is 4.79 Å². The summed E-state index contributed by atoms with van der Waals surface area (Å²) < 4.78 is 0. The van der Waals surface area contributed by atoms with E-state index in [0.29, 0.717) is 23.9 Å². The van der Waals surface area contributed by atoms with Crippen molar-refractivity contribution in [2.75, 3.05) is 17.3 Å². The van der Waals surface area contributed by atoms with Gasteiger partial charge in [-0.2, -0.15) is 0 Å². The molecule has 2 aromatic heterocycles. The lowest BCUT2D eigenvalue weighted by Crippen LogP contribution is -2.27. The fourth-order valence-electron chi connectivity index (χ4n) is 2.40. The van der Waals surface area contributed by atoms with E-state index in [1.165, 1.54) is 0 Å². The summed E-state index contributed by atoms with van der Waals surface area (Å²) in [6, 6.07) is 15.0. The molecule has 0 radical (unpaired) electrons. The summed E-state index contributed by atoms with van der Waals surface area (Å²) in [5.41, 5.74) is 2.20. The molecule has 126 valence electrons. The second-order valence-corrected chi connectivity index (χ2v) is 5.60. The third-order valence-electron chi connectivity index (χ3n) is 3.70. The van der Waals surface area contributed by atoms with Crippen LogP contribution in [0.1, 0.15) is 21.9 Å². The highest BCUT2D eigenvalue weighted by Gasteiger charge is 2.16. The quantitative estimate of drug-likeness (QED) is 0.777. The molecule has 1 aromatic carbocycles. The van der Waals surface area contributed by atoms with Gasteiger partial charge in [-0.1, -0.05) is 24.3 Å². The summed E-state index contributed by atoms with van der Waals surface area (Å²) in [6.07, 6.45) is 3.52. The van der Waals surface area contributed by atoms with Crippen molar-refractivity contribution in [3.05, 3.63) is 78.0 Å². The molecule has 1 N–H and O–H groups in total. The highest BCUT2D eigenvalue weighted by Crippen LogP contribution is 2.16. The van der Waals surface area contributed by atoms with E-state index in [1.807, 2.05) is 42.5 Å². The largest absolute Gasteiger partial charge is 0.366 e. The zero-order valence-electron chi connectivity index (χ0n) is 14.2. The van der Waals surface area contributed by atoms with E-state index in [2.05, 4.69) is 20.3 Å². The Hall–Kier alpha value is -3.28. The van der Waals surface area contributed by atoms with Crippen molar-refractivity contribution in [2.45, 2.75) is 13.5 Å². The van der Waals surface area contributed by atoms with E-state index in [4.69, 9.17) is 0 Å². The van der Waals surface area contributed by atoms with Crippen molar-refractivity contribution in [1.82, 2.24) is 15.0 Å². The van der Waals surface area contributed by atoms with Gasteiger partial charge in [-0.05, 0) is 30.7 Å². The summed E-state index contributed by atoms with van der Waals surface area (Å²) in [4.78, 5) is 27.0. The number of benzene rings is 1. The first-order chi connectivity index (χ1) is 12.1. The van der Waals surface area contributed by atoms with Crippen LogP contribution in [0.4, 0.5) is 11.5 Å². The Morgan fingerprint density at radius 3 is 2.64 bits per heavy atom. The molecule has 0 unspecified atom stereocenters. The average Bonchev–Trinajstić information content (AvgIpc) is 2.66. The number of carbonyl (C=O) groups excluding carboxylic acids is 1. The molecule has 0 saturated carbocycles. The van der Waals surface area contributed by atoms with Crippen molar-refractivity contribution >= 4 is 17.4 Å². The highest BCUT2D eigenvalue weighted by molar-refractivity contribution is 6.04. The van der Waals surface area contributed by atoms with Crippen LogP contribution >= 0.6 is 0 Å². The number of hydrogen-bond acceptors (Lipinski definition) is 5. The van der Waals surface area contributed by atoms with Crippen LogP contribution in [0.3, 0.4) is 0 Å². The van der Waals surface area contributed by atoms with Crippen LogP contribution in [0.15, 0.2) is 60.9 Å². The van der Waals surface area contributed by atoms with Crippen LogP contribution < -0.4 is 10.2 Å². The molecule has 1 amide bonds. The summed E-state index contributed by atoms with van der Waals surface area (Å²) >= 11 is 0. The second kappa shape index (κ2) is 7.53. The van der Waals surface area contributed by atoms with Crippen molar-refractivity contribution in [1.29, 1.82) is 0 Å². The minimum atomic E-state index is -0.180. The number of para-hydroxylation sites is 1. The van der Waals surface area contributed by atoms with Gasteiger partial charge in [-0.15, -0.1) is 0 Å². The molecule has 25 heavy (non-hydrogen) atoms. The first-order valence-corrected chi connectivity index (χ1v) is 7.95. The van der Waals surface area contributed by atoms with Crippen LogP contribution in [0.5, 0.6) is 0 Å². The minimum absolute atomic E-state index is 0.180. The molecule has 0 atom stereocenters. The average molecular weight is 333 g/mol. The Morgan fingerprint density at radius 1 is 1.12 bits per heavy atom. The molecule has 6 nitrogen and oxygen atoms in total. The van der Waals surface area contributed by atoms with E-state index >= 15 is 0 Å². The Balaban J connectivity index is 1.78. The number of rotatable bonds is 5. The maximum absolute atomic E-state index is 12.7. The van der Waals surface area contributed by atoms with E-state index in [0.717, 1.165) is 11.3 Å². The predicted octanol–water partition coefficient (Wildman–Crippen LogP) is 3.07. The fourth-order valence-corrected chi connectivity index (χ4v) is 2.40. The molecule has 0 fully saturated rings. The monoisotopic (exact) mass is 333 g/mol. The van der Waals surface area contributed by atoms with Crippen molar-refractivity contribution < 1.29 is 4.79 Å². The summed E-state index contributed by atoms with van der Waals surface area (Å²) in [6.45, 7) is 2.35. The first-order valence-electron chi connectivity index (χ1n) is 7.95. The van der Waals surface area contributed by atoms with Crippen molar-refractivity contribution in [3.8, 4) is 0 Å². The lowest BCUT2D eigenvalue weighted by atomic mass is 10.2. The second-order valence-electron chi connectivity index (χ2n) is 5.60. The molecule has 2 heterocycles. The van der Waals surface area contributed by atoms with Crippen LogP contribution in [-0.2, 0) is 6.54 Å². The summed E-state index contributed by atoms with van der Waals surface area (Å²) in [7, 11) is 1.73. The van der Waals surface area contributed by atoms with Gasteiger partial charge in [0.1, 0.15) is 17.3 Å². The van der Waals surface area contributed by atoms with E-state index in [-0.39, 0.29) is 5.91 Å². The van der Waals surface area contributed by atoms with Crippen LogP contribution in [-0.4, -0.2) is 27.9 Å². The van der Waals surface area contributed by atoms with Crippen molar-refractivity contribution in [3.63, 3.8) is 0 Å². The number of aryl methyl sites for hydroxylation is 1. The summed E-state index contributed by atoms with van der Waals surface area (Å²) in [5, 5.41) is 3.21. The highest BCUT2D eigenvalue weighted by atomic mass is 16.2. The molecule has 0 aliphatic heterocycles. The third kappa shape index (κ3) is 4.17. The van der Waals surface area contributed by atoms with Crippen molar-refractivity contribution in [2.24, 2.45) is 0 Å². The molecule has 3 aromatic rings. The van der Waals surface area contributed by atoms with Gasteiger partial charge < -0.3 is 10.2 Å². The molecule has 3 rings (SSSR count). The maximum atomic E-state index is 12.7. The molecule has 0 aliphatic rings. The van der Waals surface area contributed by atoms with Gasteiger partial charge in [0.05, 0.1) is 0 Å². The molecular formula is C19H19N5O. The zero-order valence-corrected chi connectivity index (χ0v) is 14.2. The van der Waals surface area contributed by atoms with Crippen LogP contribution in [0.25, 0.3) is 0 Å². The normalized spacial score (nSPS) is 10.3. The number of nitrogens with zero attached hydrogens (tertiary/aromatic N) is 4. The maximum Gasteiger partial charge on any atom is 0.276 e. The number of aromatic nitrogens is 3. The zero-order chi connectivity index (χ0) is 17.6. The topological polar surface area (TPSA) is 71.0 Å². The minimum Gasteiger partial charge on any atom is -0.366 e. The fraction of sp³-hybridized carbons (Fsp3) is 0.158. The van der Waals surface area contributed by atoms with Gasteiger partial charge >= 0.3 is 0 Å². The van der Waals surface area contributed by atoms with Gasteiger partial charge in [-0.3, -0.25) is 9.78 Å². The smallest absolute Gasteiger partial charge is 0.276 e. The number of hydrogen-bond donors (Lipinski definition) is 1. The molecular weight excluding hydrogens is 314 g/mol. The molecule has 0 bridgehead atoms. The Bertz CT molecular complexity index is 852. The Morgan fingerprint density at radius 2 is 1.92 bits per heavy atom. The van der Waals surface area contributed by atoms with Gasteiger partial charge in [-0.25, -0.2) is 9.97 Å². The molecule has 0 spiro atoms.